The Morgan fingerprint density at radius 3 is 2.21 bits per heavy atom. The van der Waals surface area contributed by atoms with E-state index in [9.17, 15) is 0 Å². The lowest BCUT2D eigenvalue weighted by molar-refractivity contribution is 0.110. The fraction of sp³-hybridized carbons (Fsp3) is 0.714. The van der Waals surface area contributed by atoms with Crippen LogP contribution in [0.15, 0.2) is 10.7 Å². The molecule has 0 saturated carbocycles. The minimum Gasteiger partial charge on any atom is -0.476 e. The molecule has 0 bridgehead atoms. The molecular weight excluding hydrogens is 306 g/mol. The van der Waals surface area contributed by atoms with Crippen molar-refractivity contribution in [1.82, 2.24) is 14.9 Å². The Morgan fingerprint density at radius 2 is 1.74 bits per heavy atom. The van der Waals surface area contributed by atoms with Crippen molar-refractivity contribution in [3.05, 3.63) is 16.5 Å². The summed E-state index contributed by atoms with van der Waals surface area (Å²) in [6, 6.07) is 1.81. The lowest BCUT2D eigenvalue weighted by Gasteiger charge is -2.32. The molecule has 5 heteroatoms. The fourth-order valence-electron chi connectivity index (χ4n) is 1.19. The number of ether oxygens (including phenoxy) is 1. The van der Waals surface area contributed by atoms with Crippen LogP contribution in [0.1, 0.15) is 40.4 Å². The zero-order valence-electron chi connectivity index (χ0n) is 12.9. The first-order chi connectivity index (χ1) is 8.52. The predicted octanol–water partition coefficient (Wildman–Crippen LogP) is 3.26. The van der Waals surface area contributed by atoms with Crippen LogP contribution in [0.3, 0.4) is 0 Å². The van der Waals surface area contributed by atoms with E-state index in [0.717, 1.165) is 10.4 Å². The molecule has 4 nitrogen and oxygen atoms in total. The Bertz CT molecular complexity index is 439. The molecule has 0 aromatic carbocycles. The van der Waals surface area contributed by atoms with Gasteiger partial charge in [0, 0.05) is 17.0 Å². The van der Waals surface area contributed by atoms with Gasteiger partial charge in [-0.15, -0.1) is 0 Å². The number of aromatic nitrogens is 2. The highest BCUT2D eigenvalue weighted by molar-refractivity contribution is 9.10. The maximum absolute atomic E-state index is 5.83. The fourth-order valence-corrected chi connectivity index (χ4v) is 1.55. The second-order valence-corrected chi connectivity index (χ2v) is 7.41. The van der Waals surface area contributed by atoms with Gasteiger partial charge in [-0.25, -0.2) is 4.98 Å². The van der Waals surface area contributed by atoms with E-state index in [-0.39, 0.29) is 11.0 Å². The molecule has 0 amide bonds. The van der Waals surface area contributed by atoms with Crippen LogP contribution < -0.4 is 4.74 Å². The van der Waals surface area contributed by atoms with Crippen LogP contribution >= 0.6 is 15.9 Å². The predicted molar refractivity (Wildman–Crippen MR) is 81.7 cm³/mol. The van der Waals surface area contributed by atoms with Crippen LogP contribution in [-0.4, -0.2) is 41.1 Å². The van der Waals surface area contributed by atoms with E-state index in [2.05, 4.69) is 65.4 Å². The largest absolute Gasteiger partial charge is 0.476 e. The molecule has 0 aliphatic heterocycles. The van der Waals surface area contributed by atoms with Crippen molar-refractivity contribution >= 4 is 15.9 Å². The molecule has 108 valence electrons. The maximum Gasteiger partial charge on any atom is 0.217 e. The molecule has 0 aliphatic rings. The maximum atomic E-state index is 5.83. The van der Waals surface area contributed by atoms with Gasteiger partial charge in [0.15, 0.2) is 0 Å². The standard InChI is InChI=1S/C14H24BrN3O/c1-13(2,3)12-16-10(15)8-11(17-12)19-9-14(4,5)18(6)7/h8H,9H2,1-7H3. The molecule has 1 heterocycles. The van der Waals surface area contributed by atoms with E-state index in [1.165, 1.54) is 0 Å². The van der Waals surface area contributed by atoms with Crippen molar-refractivity contribution in [3.8, 4) is 5.88 Å². The Kier molecular flexibility index (Phi) is 4.96. The van der Waals surface area contributed by atoms with Crippen molar-refractivity contribution < 1.29 is 4.74 Å². The summed E-state index contributed by atoms with van der Waals surface area (Å²) >= 11 is 3.41. The zero-order valence-corrected chi connectivity index (χ0v) is 14.5. The van der Waals surface area contributed by atoms with E-state index < -0.39 is 0 Å². The zero-order chi connectivity index (χ0) is 14.8. The van der Waals surface area contributed by atoms with Crippen LogP contribution in [0.4, 0.5) is 0 Å². The third-order valence-electron chi connectivity index (χ3n) is 3.13. The summed E-state index contributed by atoms with van der Waals surface area (Å²) in [5, 5.41) is 0. The van der Waals surface area contributed by atoms with Crippen LogP contribution in [0.5, 0.6) is 5.88 Å². The number of likely N-dealkylation sites (N-methyl/N-ethyl adjacent to an activating group) is 1. The second kappa shape index (κ2) is 5.75. The molecule has 0 radical (unpaired) electrons. The summed E-state index contributed by atoms with van der Waals surface area (Å²) < 4.78 is 6.58. The number of halogens is 1. The van der Waals surface area contributed by atoms with Crippen molar-refractivity contribution in [1.29, 1.82) is 0 Å². The summed E-state index contributed by atoms with van der Waals surface area (Å²) in [7, 11) is 4.08. The van der Waals surface area contributed by atoms with Crippen molar-refractivity contribution in [2.24, 2.45) is 0 Å². The molecule has 1 rings (SSSR count). The van der Waals surface area contributed by atoms with Crippen LogP contribution in [0, 0.1) is 0 Å². The summed E-state index contributed by atoms with van der Waals surface area (Å²) in [6.45, 7) is 11.1. The molecule has 1 aromatic rings. The summed E-state index contributed by atoms with van der Waals surface area (Å²) in [4.78, 5) is 11.0. The van der Waals surface area contributed by atoms with Gasteiger partial charge >= 0.3 is 0 Å². The molecule has 0 aliphatic carbocycles. The van der Waals surface area contributed by atoms with Gasteiger partial charge in [-0.1, -0.05) is 20.8 Å². The third kappa shape index (κ3) is 4.73. The average Bonchev–Trinajstić information content (AvgIpc) is 2.24. The van der Waals surface area contributed by atoms with Crippen molar-refractivity contribution in [2.75, 3.05) is 20.7 Å². The quantitative estimate of drug-likeness (QED) is 0.795. The van der Waals surface area contributed by atoms with Gasteiger partial charge in [-0.2, -0.15) is 4.98 Å². The third-order valence-corrected chi connectivity index (χ3v) is 3.53. The molecule has 0 unspecified atom stereocenters. The van der Waals surface area contributed by atoms with Crippen LogP contribution in [0.2, 0.25) is 0 Å². The number of nitrogens with zero attached hydrogens (tertiary/aromatic N) is 3. The first-order valence-corrected chi connectivity index (χ1v) is 7.17. The molecule has 1 aromatic heterocycles. The monoisotopic (exact) mass is 329 g/mol. The van der Waals surface area contributed by atoms with Gasteiger partial charge < -0.3 is 9.64 Å². The first-order valence-electron chi connectivity index (χ1n) is 6.38. The minimum absolute atomic E-state index is 0.0423. The van der Waals surface area contributed by atoms with Crippen LogP contribution in [0.25, 0.3) is 0 Å². The van der Waals surface area contributed by atoms with Crippen LogP contribution in [-0.2, 0) is 5.41 Å². The number of hydrogen-bond acceptors (Lipinski definition) is 4. The van der Waals surface area contributed by atoms with Gasteiger partial charge in [0.1, 0.15) is 17.0 Å². The SMILES string of the molecule is CN(C)C(C)(C)COc1cc(Br)nc(C(C)(C)C)n1. The van der Waals surface area contributed by atoms with Gasteiger partial charge in [0.05, 0.1) is 0 Å². The smallest absolute Gasteiger partial charge is 0.217 e. The lowest BCUT2D eigenvalue weighted by Crippen LogP contribution is -2.43. The first kappa shape index (κ1) is 16.4. The molecule has 0 atom stereocenters. The van der Waals surface area contributed by atoms with E-state index >= 15 is 0 Å². The van der Waals surface area contributed by atoms with Gasteiger partial charge in [-0.3, -0.25) is 0 Å². The molecule has 0 spiro atoms. The molecule has 0 fully saturated rings. The summed E-state index contributed by atoms with van der Waals surface area (Å²) in [6.07, 6.45) is 0. The number of rotatable bonds is 4. The molecule has 19 heavy (non-hydrogen) atoms. The van der Waals surface area contributed by atoms with E-state index in [4.69, 9.17) is 4.74 Å². The van der Waals surface area contributed by atoms with E-state index in [1.54, 1.807) is 6.07 Å². The Morgan fingerprint density at radius 1 is 1.16 bits per heavy atom. The van der Waals surface area contributed by atoms with Gasteiger partial charge in [0.25, 0.3) is 0 Å². The summed E-state index contributed by atoms with van der Waals surface area (Å²) in [5.74, 6) is 1.39. The second-order valence-electron chi connectivity index (χ2n) is 6.60. The normalized spacial score (nSPS) is 12.9. The highest BCUT2D eigenvalue weighted by atomic mass is 79.9. The lowest BCUT2D eigenvalue weighted by atomic mass is 9.96. The average molecular weight is 330 g/mol. The number of hydrogen-bond donors (Lipinski definition) is 0. The highest BCUT2D eigenvalue weighted by Crippen LogP contribution is 2.24. The van der Waals surface area contributed by atoms with Gasteiger partial charge in [-0.05, 0) is 43.9 Å². The molecule has 0 saturated heterocycles. The van der Waals surface area contributed by atoms with E-state index in [1.807, 2.05) is 14.1 Å². The molecular formula is C14H24BrN3O. The Hall–Kier alpha value is -0.680. The highest BCUT2D eigenvalue weighted by Gasteiger charge is 2.23. The Labute approximate surface area is 124 Å². The van der Waals surface area contributed by atoms with Crippen molar-refractivity contribution in [3.63, 3.8) is 0 Å². The Balaban J connectivity index is 2.88. The summed E-state index contributed by atoms with van der Waals surface area (Å²) in [5.41, 5.74) is -0.141. The van der Waals surface area contributed by atoms with E-state index in [0.29, 0.717) is 12.5 Å². The van der Waals surface area contributed by atoms with Gasteiger partial charge in [0.2, 0.25) is 5.88 Å². The molecule has 0 N–H and O–H groups in total. The minimum atomic E-state index is -0.0983. The topological polar surface area (TPSA) is 38.2 Å². The van der Waals surface area contributed by atoms with Crippen molar-refractivity contribution in [2.45, 2.75) is 45.6 Å².